The second-order valence-electron chi connectivity index (χ2n) is 4.09. The van der Waals surface area contributed by atoms with E-state index in [0.29, 0.717) is 13.1 Å². The van der Waals surface area contributed by atoms with E-state index < -0.39 is 22.0 Å². The fraction of sp³-hybridized carbons (Fsp3) is 0.364. The number of primary amides is 1. The van der Waals surface area contributed by atoms with E-state index in [9.17, 15) is 13.2 Å². The molecule has 0 bridgehead atoms. The van der Waals surface area contributed by atoms with E-state index in [1.165, 1.54) is 16.4 Å². The van der Waals surface area contributed by atoms with Gasteiger partial charge in [0.15, 0.2) is 0 Å². The molecule has 7 heteroatoms. The van der Waals surface area contributed by atoms with Crippen LogP contribution in [0.4, 0.5) is 0 Å². The van der Waals surface area contributed by atoms with Crippen LogP contribution in [0.15, 0.2) is 35.2 Å². The molecule has 98 valence electrons. The van der Waals surface area contributed by atoms with Crippen LogP contribution in [0.25, 0.3) is 0 Å². The number of piperazine rings is 1. The molecule has 0 aliphatic carbocycles. The number of nitrogens with zero attached hydrogens (tertiary/aromatic N) is 1. The summed E-state index contributed by atoms with van der Waals surface area (Å²) in [4.78, 5) is 11.3. The third kappa shape index (κ3) is 2.53. The van der Waals surface area contributed by atoms with Crippen LogP contribution in [0.5, 0.6) is 0 Å². The van der Waals surface area contributed by atoms with Gasteiger partial charge < -0.3 is 11.1 Å². The molecule has 1 unspecified atom stereocenters. The molecule has 0 saturated carbocycles. The lowest BCUT2D eigenvalue weighted by Crippen LogP contribution is -2.57. The van der Waals surface area contributed by atoms with E-state index in [2.05, 4.69) is 5.32 Å². The molecule has 3 N–H and O–H groups in total. The lowest BCUT2D eigenvalue weighted by atomic mass is 10.2. The van der Waals surface area contributed by atoms with Crippen molar-refractivity contribution in [2.45, 2.75) is 10.9 Å². The molecule has 6 nitrogen and oxygen atoms in total. The summed E-state index contributed by atoms with van der Waals surface area (Å²) in [5.41, 5.74) is 5.19. The maximum Gasteiger partial charge on any atom is 0.243 e. The zero-order chi connectivity index (χ0) is 13.2. The van der Waals surface area contributed by atoms with Crippen LogP contribution in [-0.4, -0.2) is 44.3 Å². The van der Waals surface area contributed by atoms with Gasteiger partial charge in [0.1, 0.15) is 6.04 Å². The normalized spacial score (nSPS) is 21.7. The quantitative estimate of drug-likeness (QED) is 0.746. The van der Waals surface area contributed by atoms with Gasteiger partial charge in [-0.3, -0.25) is 4.79 Å². The van der Waals surface area contributed by atoms with Crippen molar-refractivity contribution in [3.05, 3.63) is 30.3 Å². The first-order chi connectivity index (χ1) is 8.51. The first-order valence-electron chi connectivity index (χ1n) is 5.60. The SMILES string of the molecule is NC(=O)C1CN(S(=O)(=O)c2ccccc2)CCN1. The van der Waals surface area contributed by atoms with Crippen molar-refractivity contribution in [1.29, 1.82) is 0 Å². The summed E-state index contributed by atoms with van der Waals surface area (Å²) in [6, 6.07) is 7.54. The highest BCUT2D eigenvalue weighted by Gasteiger charge is 2.31. The van der Waals surface area contributed by atoms with Crippen LogP contribution >= 0.6 is 0 Å². The third-order valence-corrected chi connectivity index (χ3v) is 4.74. The number of benzene rings is 1. The van der Waals surface area contributed by atoms with Crippen molar-refractivity contribution < 1.29 is 13.2 Å². The van der Waals surface area contributed by atoms with Crippen molar-refractivity contribution in [2.75, 3.05) is 19.6 Å². The van der Waals surface area contributed by atoms with Gasteiger partial charge >= 0.3 is 0 Å². The van der Waals surface area contributed by atoms with Crippen molar-refractivity contribution in [3.8, 4) is 0 Å². The lowest BCUT2D eigenvalue weighted by molar-refractivity contribution is -0.120. The number of hydrogen-bond donors (Lipinski definition) is 2. The first kappa shape index (κ1) is 13.0. The van der Waals surface area contributed by atoms with Gasteiger partial charge in [0.05, 0.1) is 4.90 Å². The Morgan fingerprint density at radius 1 is 1.33 bits per heavy atom. The number of carbonyl (C=O) groups excluding carboxylic acids is 1. The van der Waals surface area contributed by atoms with E-state index in [4.69, 9.17) is 5.73 Å². The maximum absolute atomic E-state index is 12.3. The maximum atomic E-state index is 12.3. The van der Waals surface area contributed by atoms with Gasteiger partial charge in [-0.1, -0.05) is 18.2 Å². The number of amides is 1. The fourth-order valence-electron chi connectivity index (χ4n) is 1.87. The highest BCUT2D eigenvalue weighted by Crippen LogP contribution is 2.16. The lowest BCUT2D eigenvalue weighted by Gasteiger charge is -2.31. The second kappa shape index (κ2) is 5.05. The molecule has 18 heavy (non-hydrogen) atoms. The molecule has 1 amide bonds. The molecule has 1 aliphatic heterocycles. The van der Waals surface area contributed by atoms with Gasteiger partial charge in [-0.2, -0.15) is 4.31 Å². The predicted molar refractivity (Wildman–Crippen MR) is 66.2 cm³/mol. The predicted octanol–water partition coefficient (Wildman–Crippen LogP) is -0.866. The van der Waals surface area contributed by atoms with Crippen molar-refractivity contribution in [3.63, 3.8) is 0 Å². The average molecular weight is 269 g/mol. The van der Waals surface area contributed by atoms with Gasteiger partial charge in [-0.15, -0.1) is 0 Å². The zero-order valence-corrected chi connectivity index (χ0v) is 10.6. The Morgan fingerprint density at radius 3 is 2.61 bits per heavy atom. The molecule has 1 atom stereocenters. The van der Waals surface area contributed by atoms with E-state index in [-0.39, 0.29) is 11.4 Å². The van der Waals surface area contributed by atoms with Crippen LogP contribution in [0, 0.1) is 0 Å². The summed E-state index contributed by atoms with van der Waals surface area (Å²) in [6.07, 6.45) is 0. The molecule has 0 aromatic heterocycles. The van der Waals surface area contributed by atoms with Crippen molar-refractivity contribution in [1.82, 2.24) is 9.62 Å². The zero-order valence-electron chi connectivity index (χ0n) is 9.74. The fourth-order valence-corrected chi connectivity index (χ4v) is 3.35. The van der Waals surface area contributed by atoms with Gasteiger partial charge in [0.25, 0.3) is 0 Å². The molecule has 1 aliphatic rings. The number of nitrogens with two attached hydrogens (primary N) is 1. The van der Waals surface area contributed by atoms with Crippen LogP contribution in [-0.2, 0) is 14.8 Å². The molecule has 2 rings (SSSR count). The van der Waals surface area contributed by atoms with Crippen molar-refractivity contribution >= 4 is 15.9 Å². The molecule has 0 spiro atoms. The summed E-state index contributed by atoms with van der Waals surface area (Å²) in [6.45, 7) is 0.827. The molecule has 0 radical (unpaired) electrons. The van der Waals surface area contributed by atoms with Crippen LogP contribution in [0.3, 0.4) is 0 Å². The number of hydrogen-bond acceptors (Lipinski definition) is 4. The molecule has 1 saturated heterocycles. The minimum Gasteiger partial charge on any atom is -0.368 e. The number of nitrogens with one attached hydrogen (secondary N) is 1. The molecular formula is C11H15N3O3S. The minimum atomic E-state index is -3.54. The van der Waals surface area contributed by atoms with Gasteiger partial charge in [-0.25, -0.2) is 8.42 Å². The largest absolute Gasteiger partial charge is 0.368 e. The Bertz CT molecular complexity index is 530. The molecule has 1 fully saturated rings. The van der Waals surface area contributed by atoms with Crippen LogP contribution in [0.1, 0.15) is 0 Å². The number of sulfonamides is 1. The Kier molecular flexibility index (Phi) is 3.65. The van der Waals surface area contributed by atoms with Gasteiger partial charge in [-0.05, 0) is 12.1 Å². The number of rotatable bonds is 3. The highest BCUT2D eigenvalue weighted by atomic mass is 32.2. The smallest absolute Gasteiger partial charge is 0.243 e. The Morgan fingerprint density at radius 2 is 2.00 bits per heavy atom. The van der Waals surface area contributed by atoms with E-state index in [1.54, 1.807) is 18.2 Å². The van der Waals surface area contributed by atoms with Crippen LogP contribution < -0.4 is 11.1 Å². The topological polar surface area (TPSA) is 92.5 Å². The monoisotopic (exact) mass is 269 g/mol. The first-order valence-corrected chi connectivity index (χ1v) is 7.04. The highest BCUT2D eigenvalue weighted by molar-refractivity contribution is 7.89. The minimum absolute atomic E-state index is 0.0760. The average Bonchev–Trinajstić information content (AvgIpc) is 2.40. The Labute approximate surface area is 106 Å². The molecule has 1 heterocycles. The summed E-state index contributed by atoms with van der Waals surface area (Å²) in [5, 5.41) is 2.89. The van der Waals surface area contributed by atoms with E-state index in [0.717, 1.165) is 0 Å². The third-order valence-electron chi connectivity index (χ3n) is 2.86. The molecule has 1 aromatic rings. The Hall–Kier alpha value is -1.44. The summed E-state index contributed by atoms with van der Waals surface area (Å²) < 4.78 is 25.9. The summed E-state index contributed by atoms with van der Waals surface area (Å²) >= 11 is 0. The van der Waals surface area contributed by atoms with Crippen molar-refractivity contribution in [2.24, 2.45) is 5.73 Å². The number of carbonyl (C=O) groups is 1. The van der Waals surface area contributed by atoms with Gasteiger partial charge in [0.2, 0.25) is 15.9 Å². The van der Waals surface area contributed by atoms with E-state index in [1.807, 2.05) is 0 Å². The van der Waals surface area contributed by atoms with E-state index >= 15 is 0 Å². The Balaban J connectivity index is 2.23. The molecule has 1 aromatic carbocycles. The summed E-state index contributed by atoms with van der Waals surface area (Å²) in [7, 11) is -3.54. The van der Waals surface area contributed by atoms with Gasteiger partial charge in [0, 0.05) is 19.6 Å². The standard InChI is InChI=1S/C11H15N3O3S/c12-11(15)10-8-14(7-6-13-10)18(16,17)9-4-2-1-3-5-9/h1-5,10,13H,6-8H2,(H2,12,15). The molecular weight excluding hydrogens is 254 g/mol. The summed E-state index contributed by atoms with van der Waals surface area (Å²) in [5.74, 6) is -0.539. The van der Waals surface area contributed by atoms with Crippen LogP contribution in [0.2, 0.25) is 0 Å². The second-order valence-corrected chi connectivity index (χ2v) is 6.02.